The quantitative estimate of drug-likeness (QED) is 0.702. The van der Waals surface area contributed by atoms with Gasteiger partial charge < -0.3 is 4.57 Å². The maximum atomic E-state index is 11.3. The summed E-state index contributed by atoms with van der Waals surface area (Å²) in [5.41, 5.74) is 0. The van der Waals surface area contributed by atoms with Crippen molar-refractivity contribution in [1.29, 1.82) is 0 Å². The van der Waals surface area contributed by atoms with Crippen molar-refractivity contribution >= 4 is 39.0 Å². The molecule has 0 bridgehead atoms. The van der Waals surface area contributed by atoms with Crippen molar-refractivity contribution in [3.8, 4) is 0 Å². The summed E-state index contributed by atoms with van der Waals surface area (Å²) in [7, 11) is 0. The van der Waals surface area contributed by atoms with Crippen LogP contribution in [-0.4, -0.2) is 6.66 Å². The predicted octanol–water partition coefficient (Wildman–Crippen LogP) is 3.22. The topological polar surface area (TPSA) is 17.1 Å². The summed E-state index contributed by atoms with van der Waals surface area (Å²) in [4.78, 5) is 0. The van der Waals surface area contributed by atoms with Gasteiger partial charge in [-0.2, -0.15) is 0 Å². The number of halogens is 2. The zero-order chi connectivity index (χ0) is 8.48. The van der Waals surface area contributed by atoms with E-state index in [0.717, 1.165) is 4.47 Å². The van der Waals surface area contributed by atoms with Crippen molar-refractivity contribution in [3.63, 3.8) is 0 Å². The molecule has 0 saturated heterocycles. The third-order valence-electron chi connectivity index (χ3n) is 1.27. The number of rotatable bonds is 1. The minimum absolute atomic E-state index is 0.688. The summed E-state index contributed by atoms with van der Waals surface area (Å²) >= 11 is 8.94. The highest BCUT2D eigenvalue weighted by Gasteiger charge is 2.12. The lowest BCUT2D eigenvalue weighted by Gasteiger charge is -2.03. The molecule has 0 saturated carbocycles. The molecule has 60 valence electrons. The van der Waals surface area contributed by atoms with Crippen LogP contribution in [0, 0.1) is 0 Å². The molecule has 1 unspecified atom stereocenters. The zero-order valence-electron chi connectivity index (χ0n) is 5.92. The molecule has 1 nitrogen and oxygen atoms in total. The van der Waals surface area contributed by atoms with Gasteiger partial charge in [-0.25, -0.2) is 0 Å². The molecule has 0 heterocycles. The normalized spacial score (nSPS) is 15.9. The third kappa shape index (κ3) is 2.62. The third-order valence-corrected chi connectivity index (χ3v) is 3.55. The van der Waals surface area contributed by atoms with Crippen LogP contribution in [0.5, 0.6) is 0 Å². The Morgan fingerprint density at radius 3 is 2.55 bits per heavy atom. The van der Waals surface area contributed by atoms with Crippen molar-refractivity contribution < 1.29 is 4.57 Å². The average Bonchev–Trinajstić information content (AvgIpc) is 1.86. The van der Waals surface area contributed by atoms with Gasteiger partial charge in [-0.3, -0.25) is 0 Å². The molecule has 1 atom stereocenters. The van der Waals surface area contributed by atoms with Gasteiger partial charge >= 0.3 is 0 Å². The van der Waals surface area contributed by atoms with E-state index in [9.17, 15) is 4.57 Å². The number of hydrogen-bond acceptors (Lipinski definition) is 1. The van der Waals surface area contributed by atoms with Crippen LogP contribution in [0.2, 0.25) is 0 Å². The van der Waals surface area contributed by atoms with Crippen molar-refractivity contribution in [3.05, 3.63) is 28.7 Å². The molecule has 0 radical (unpaired) electrons. The van der Waals surface area contributed by atoms with Gasteiger partial charge in [0.15, 0.2) is 6.49 Å². The van der Waals surface area contributed by atoms with Crippen LogP contribution >= 0.6 is 33.7 Å². The SMILES string of the molecule is CP(=O)(Cl)c1cccc(Br)c1. The van der Waals surface area contributed by atoms with Crippen LogP contribution in [-0.2, 0) is 4.57 Å². The Hall–Kier alpha value is 0.220. The standard InChI is InChI=1S/C7H7BrClOP/c1-11(9,10)7-4-2-3-6(8)5-7/h2-5H,1H3. The fraction of sp³-hybridized carbons (Fsp3) is 0.143. The monoisotopic (exact) mass is 252 g/mol. The molecule has 0 aliphatic rings. The summed E-state index contributed by atoms with van der Waals surface area (Å²) in [5.74, 6) is 0. The molecular formula is C7H7BrClOP. The molecule has 1 aromatic rings. The van der Waals surface area contributed by atoms with Crippen molar-refractivity contribution in [2.24, 2.45) is 0 Å². The lowest BCUT2D eigenvalue weighted by molar-refractivity contribution is 0.593. The minimum Gasteiger partial charge on any atom is -0.302 e. The Balaban J connectivity index is 3.17. The lowest BCUT2D eigenvalue weighted by atomic mass is 10.4. The van der Waals surface area contributed by atoms with Gasteiger partial charge in [-0.1, -0.05) is 28.1 Å². The smallest absolute Gasteiger partial charge is 0.194 e. The van der Waals surface area contributed by atoms with E-state index in [0.29, 0.717) is 5.30 Å². The Bertz CT molecular complexity index is 307. The van der Waals surface area contributed by atoms with Gasteiger partial charge in [0.25, 0.3) is 0 Å². The predicted molar refractivity (Wildman–Crippen MR) is 53.2 cm³/mol. The Labute approximate surface area is 79.0 Å². The fourth-order valence-corrected chi connectivity index (χ4v) is 2.34. The number of benzene rings is 1. The molecule has 0 amide bonds. The lowest BCUT2D eigenvalue weighted by Crippen LogP contribution is -1.97. The summed E-state index contributed by atoms with van der Waals surface area (Å²) in [6, 6.07) is 7.22. The molecular weight excluding hydrogens is 246 g/mol. The van der Waals surface area contributed by atoms with Crippen LogP contribution in [0.3, 0.4) is 0 Å². The first kappa shape index (κ1) is 9.31. The first-order chi connectivity index (χ1) is 5.00. The first-order valence-electron chi connectivity index (χ1n) is 3.03. The van der Waals surface area contributed by atoms with Crippen LogP contribution in [0.4, 0.5) is 0 Å². The molecule has 1 aromatic carbocycles. The van der Waals surface area contributed by atoms with E-state index in [4.69, 9.17) is 11.2 Å². The highest BCUT2D eigenvalue weighted by molar-refractivity contribution is 9.10. The summed E-state index contributed by atoms with van der Waals surface area (Å²) in [6.07, 6.45) is 0. The van der Waals surface area contributed by atoms with E-state index in [-0.39, 0.29) is 0 Å². The van der Waals surface area contributed by atoms with Crippen LogP contribution in [0.15, 0.2) is 28.7 Å². The van der Waals surface area contributed by atoms with Crippen LogP contribution in [0.1, 0.15) is 0 Å². The number of hydrogen-bond donors (Lipinski definition) is 0. The highest BCUT2D eigenvalue weighted by Crippen LogP contribution is 2.45. The summed E-state index contributed by atoms with van der Waals surface area (Å²) < 4.78 is 12.2. The fourth-order valence-electron chi connectivity index (χ4n) is 0.725. The summed E-state index contributed by atoms with van der Waals surface area (Å²) in [6.45, 7) is -1.06. The molecule has 11 heavy (non-hydrogen) atoms. The van der Waals surface area contributed by atoms with E-state index in [1.165, 1.54) is 6.66 Å². The van der Waals surface area contributed by atoms with Crippen molar-refractivity contribution in [2.75, 3.05) is 6.66 Å². The van der Waals surface area contributed by atoms with Crippen molar-refractivity contribution in [2.45, 2.75) is 0 Å². The first-order valence-corrected chi connectivity index (χ1v) is 6.88. The van der Waals surface area contributed by atoms with Gasteiger partial charge in [0.1, 0.15) is 0 Å². The average molecular weight is 253 g/mol. The zero-order valence-corrected chi connectivity index (χ0v) is 9.16. The largest absolute Gasteiger partial charge is 0.302 e. The van der Waals surface area contributed by atoms with Gasteiger partial charge in [-0.15, -0.1) is 0 Å². The Morgan fingerprint density at radius 2 is 2.18 bits per heavy atom. The second-order valence-electron chi connectivity index (χ2n) is 2.30. The van der Waals surface area contributed by atoms with E-state index < -0.39 is 6.49 Å². The maximum absolute atomic E-state index is 11.3. The maximum Gasteiger partial charge on any atom is 0.194 e. The summed E-state index contributed by atoms with van der Waals surface area (Å²) in [5, 5.41) is 0.688. The molecule has 0 aromatic heterocycles. The molecule has 0 N–H and O–H groups in total. The van der Waals surface area contributed by atoms with Crippen LogP contribution < -0.4 is 5.30 Å². The van der Waals surface area contributed by atoms with Gasteiger partial charge in [0.2, 0.25) is 0 Å². The van der Waals surface area contributed by atoms with Gasteiger partial charge in [0, 0.05) is 16.4 Å². The van der Waals surface area contributed by atoms with E-state index in [2.05, 4.69) is 15.9 Å². The Morgan fingerprint density at radius 1 is 1.55 bits per heavy atom. The van der Waals surface area contributed by atoms with E-state index in [1.54, 1.807) is 12.1 Å². The van der Waals surface area contributed by atoms with Crippen molar-refractivity contribution in [1.82, 2.24) is 0 Å². The molecule has 0 aliphatic heterocycles. The minimum atomic E-state index is -2.60. The van der Waals surface area contributed by atoms with E-state index >= 15 is 0 Å². The molecule has 4 heteroatoms. The van der Waals surface area contributed by atoms with Gasteiger partial charge in [-0.05, 0) is 23.4 Å². The second-order valence-corrected chi connectivity index (χ2v) is 7.31. The molecule has 0 fully saturated rings. The van der Waals surface area contributed by atoms with Gasteiger partial charge in [0.05, 0.1) is 0 Å². The Kier molecular flexibility index (Phi) is 2.79. The van der Waals surface area contributed by atoms with Crippen LogP contribution in [0.25, 0.3) is 0 Å². The highest BCUT2D eigenvalue weighted by atomic mass is 79.9. The van der Waals surface area contributed by atoms with E-state index in [1.807, 2.05) is 12.1 Å². The second kappa shape index (κ2) is 3.30. The molecule has 0 spiro atoms. The molecule has 1 rings (SSSR count). The molecule has 0 aliphatic carbocycles.